The molecule has 0 aliphatic heterocycles. The number of carbonyl (C=O) groups is 1. The molecule has 0 radical (unpaired) electrons. The molecule has 1 aromatic carbocycles. The van der Waals surface area contributed by atoms with Crippen molar-refractivity contribution >= 4 is 22.9 Å². The number of hydrogen-bond acceptors (Lipinski definition) is 5. The molecule has 1 amide bonds. The summed E-state index contributed by atoms with van der Waals surface area (Å²) in [7, 11) is 0. The van der Waals surface area contributed by atoms with E-state index in [2.05, 4.69) is 55.5 Å². The van der Waals surface area contributed by atoms with Gasteiger partial charge in [-0.25, -0.2) is 0 Å². The molecule has 152 valence electrons. The Labute approximate surface area is 173 Å². The monoisotopic (exact) mass is 412 g/mol. The number of hydrogen-bond donors (Lipinski definition) is 1. The van der Waals surface area contributed by atoms with Gasteiger partial charge in [0.2, 0.25) is 0 Å². The third-order valence-electron chi connectivity index (χ3n) is 4.68. The van der Waals surface area contributed by atoms with Gasteiger partial charge in [0.05, 0.1) is 22.4 Å². The minimum atomic E-state index is -0.481. The second kappa shape index (κ2) is 8.16. The van der Waals surface area contributed by atoms with Crippen LogP contribution in [0.4, 0.5) is 5.69 Å². The molecular weight excluding hydrogens is 388 g/mol. The van der Waals surface area contributed by atoms with Crippen LogP contribution in [0.2, 0.25) is 0 Å². The van der Waals surface area contributed by atoms with Crippen molar-refractivity contribution in [1.82, 2.24) is 15.1 Å². The van der Waals surface area contributed by atoms with Crippen LogP contribution >= 0.6 is 11.3 Å². The Morgan fingerprint density at radius 2 is 2.00 bits per heavy atom. The van der Waals surface area contributed by atoms with E-state index in [0.29, 0.717) is 11.4 Å². The number of carbonyl (C=O) groups excluding carboxylic acids is 1. The smallest absolute Gasteiger partial charge is 0.307 e. The van der Waals surface area contributed by atoms with Crippen molar-refractivity contribution in [3.05, 3.63) is 79.8 Å². The molecule has 0 bridgehead atoms. The van der Waals surface area contributed by atoms with Crippen molar-refractivity contribution in [1.29, 1.82) is 0 Å². The van der Waals surface area contributed by atoms with Crippen LogP contribution in [0, 0.1) is 10.1 Å². The number of rotatable bonds is 6. The lowest BCUT2D eigenvalue weighted by Gasteiger charge is -2.20. The van der Waals surface area contributed by atoms with Crippen LogP contribution in [-0.2, 0) is 12.0 Å². The van der Waals surface area contributed by atoms with E-state index in [1.54, 1.807) is 6.07 Å². The second-order valence-electron chi connectivity index (χ2n) is 8.04. The molecule has 0 aliphatic carbocycles. The number of aromatic nitrogens is 2. The summed E-state index contributed by atoms with van der Waals surface area (Å²) in [6.45, 7) is 8.85. The maximum atomic E-state index is 12.6. The minimum Gasteiger partial charge on any atom is -0.345 e. The molecular formula is C21H24N4O3S. The van der Waals surface area contributed by atoms with Crippen molar-refractivity contribution in [2.24, 2.45) is 0 Å². The van der Waals surface area contributed by atoms with Crippen LogP contribution < -0.4 is 5.32 Å². The molecule has 8 heteroatoms. The highest BCUT2D eigenvalue weighted by atomic mass is 32.1. The minimum absolute atomic E-state index is 0.0514. The topological polar surface area (TPSA) is 90.1 Å². The van der Waals surface area contributed by atoms with E-state index in [0.717, 1.165) is 11.1 Å². The number of nitro groups is 1. The Kier molecular flexibility index (Phi) is 5.83. The number of nitrogens with zero attached hydrogens (tertiary/aromatic N) is 3. The van der Waals surface area contributed by atoms with E-state index in [9.17, 15) is 14.9 Å². The highest BCUT2D eigenvalue weighted by Gasteiger charge is 2.17. The molecule has 0 spiro atoms. The predicted molar refractivity (Wildman–Crippen MR) is 113 cm³/mol. The summed E-state index contributed by atoms with van der Waals surface area (Å²) >= 11 is 1.35. The molecule has 29 heavy (non-hydrogen) atoms. The van der Waals surface area contributed by atoms with Crippen molar-refractivity contribution in [2.75, 3.05) is 0 Å². The summed E-state index contributed by atoms with van der Waals surface area (Å²) in [5.41, 5.74) is 3.21. The molecule has 0 saturated carbocycles. The normalized spacial score (nSPS) is 12.6. The summed E-state index contributed by atoms with van der Waals surface area (Å²) in [6.07, 6.45) is 2.59. The molecule has 2 heterocycles. The molecule has 1 N–H and O–H groups in total. The van der Waals surface area contributed by atoms with Gasteiger partial charge in [0.25, 0.3) is 5.91 Å². The quantitative estimate of drug-likeness (QED) is 0.470. The van der Waals surface area contributed by atoms with Crippen LogP contribution in [0.5, 0.6) is 0 Å². The molecule has 3 rings (SSSR count). The Morgan fingerprint density at radius 1 is 1.31 bits per heavy atom. The zero-order valence-corrected chi connectivity index (χ0v) is 17.7. The van der Waals surface area contributed by atoms with Crippen LogP contribution in [0.1, 0.15) is 60.1 Å². The van der Waals surface area contributed by atoms with Gasteiger partial charge in [0.15, 0.2) is 0 Å². The van der Waals surface area contributed by atoms with Crippen LogP contribution in [0.15, 0.2) is 48.1 Å². The van der Waals surface area contributed by atoms with E-state index < -0.39 is 4.92 Å². The van der Waals surface area contributed by atoms with Gasteiger partial charge in [-0.15, -0.1) is 11.3 Å². The number of amides is 1. The first kappa shape index (κ1) is 20.7. The van der Waals surface area contributed by atoms with Gasteiger partial charge in [0.1, 0.15) is 12.4 Å². The van der Waals surface area contributed by atoms with Crippen LogP contribution in [-0.4, -0.2) is 20.6 Å². The molecule has 2 aromatic heterocycles. The summed E-state index contributed by atoms with van der Waals surface area (Å²) in [5, 5.41) is 19.6. The van der Waals surface area contributed by atoms with Gasteiger partial charge >= 0.3 is 5.69 Å². The van der Waals surface area contributed by atoms with Gasteiger partial charge < -0.3 is 5.32 Å². The highest BCUT2D eigenvalue weighted by Crippen LogP contribution is 2.24. The maximum Gasteiger partial charge on any atom is 0.307 e. The van der Waals surface area contributed by atoms with E-state index in [-0.39, 0.29) is 23.1 Å². The third-order valence-corrected chi connectivity index (χ3v) is 5.65. The average molecular weight is 413 g/mol. The molecule has 0 aliphatic rings. The molecule has 0 fully saturated rings. The number of benzene rings is 1. The standard InChI is InChI=1S/C21H24N4O3S/c1-14(16-5-7-17(8-6-16)21(2,3)4)23-20(26)19-9-15(13-29-19)11-24-12-18(10-22-24)25(27)28/h5-10,12-14H,11H2,1-4H3,(H,23,26). The maximum absolute atomic E-state index is 12.6. The Hall–Kier alpha value is -3.00. The Morgan fingerprint density at radius 3 is 2.59 bits per heavy atom. The molecule has 1 unspecified atom stereocenters. The lowest BCUT2D eigenvalue weighted by molar-refractivity contribution is -0.385. The van der Waals surface area contributed by atoms with Gasteiger partial charge in [-0.1, -0.05) is 45.0 Å². The van der Waals surface area contributed by atoms with Crippen LogP contribution in [0.3, 0.4) is 0 Å². The average Bonchev–Trinajstić information content (AvgIpc) is 3.31. The Bertz CT molecular complexity index is 1020. The first-order chi connectivity index (χ1) is 13.6. The SMILES string of the molecule is CC(NC(=O)c1cc(Cn2cc([N+](=O)[O-])cn2)cs1)c1ccc(C(C)(C)C)cc1. The van der Waals surface area contributed by atoms with Crippen molar-refractivity contribution in [3.63, 3.8) is 0 Å². The summed E-state index contributed by atoms with van der Waals surface area (Å²) in [6, 6.07) is 9.99. The van der Waals surface area contributed by atoms with Crippen LogP contribution in [0.25, 0.3) is 0 Å². The lowest BCUT2D eigenvalue weighted by atomic mass is 9.86. The third kappa shape index (κ3) is 5.08. The number of thiophene rings is 1. The Balaban J connectivity index is 1.62. The first-order valence-electron chi connectivity index (χ1n) is 9.29. The van der Waals surface area contributed by atoms with Gasteiger partial charge in [-0.3, -0.25) is 19.6 Å². The summed E-state index contributed by atoms with van der Waals surface area (Å²) in [4.78, 5) is 23.5. The van der Waals surface area contributed by atoms with Crippen molar-refractivity contribution < 1.29 is 9.72 Å². The van der Waals surface area contributed by atoms with E-state index >= 15 is 0 Å². The second-order valence-corrected chi connectivity index (χ2v) is 8.95. The van der Waals surface area contributed by atoms with E-state index in [1.165, 1.54) is 34.0 Å². The fraction of sp³-hybridized carbons (Fsp3) is 0.333. The lowest BCUT2D eigenvalue weighted by Crippen LogP contribution is -2.26. The fourth-order valence-electron chi connectivity index (χ4n) is 2.92. The highest BCUT2D eigenvalue weighted by molar-refractivity contribution is 7.12. The molecule has 1 atom stereocenters. The summed E-state index contributed by atoms with van der Waals surface area (Å²) in [5.74, 6) is -0.139. The van der Waals surface area contributed by atoms with E-state index in [4.69, 9.17) is 0 Å². The largest absolute Gasteiger partial charge is 0.345 e. The fourth-order valence-corrected chi connectivity index (χ4v) is 3.73. The predicted octanol–water partition coefficient (Wildman–Crippen LogP) is 4.69. The first-order valence-corrected chi connectivity index (χ1v) is 10.2. The summed E-state index contributed by atoms with van der Waals surface area (Å²) < 4.78 is 1.49. The molecule has 0 saturated heterocycles. The molecule has 3 aromatic rings. The van der Waals surface area contributed by atoms with Crippen molar-refractivity contribution in [3.8, 4) is 0 Å². The zero-order valence-electron chi connectivity index (χ0n) is 16.9. The number of nitrogens with one attached hydrogen (secondary N) is 1. The van der Waals surface area contributed by atoms with Gasteiger partial charge in [-0.05, 0) is 40.5 Å². The van der Waals surface area contributed by atoms with Crippen molar-refractivity contribution in [2.45, 2.75) is 45.7 Å². The van der Waals surface area contributed by atoms with Gasteiger partial charge in [-0.2, -0.15) is 5.10 Å². The van der Waals surface area contributed by atoms with E-state index in [1.807, 2.05) is 12.3 Å². The molecule has 7 nitrogen and oxygen atoms in total. The zero-order chi connectivity index (χ0) is 21.2. The van der Waals surface area contributed by atoms with Gasteiger partial charge in [0, 0.05) is 0 Å².